The van der Waals surface area contributed by atoms with Crippen LogP contribution in [0.15, 0.2) is 0 Å². The predicted molar refractivity (Wildman–Crippen MR) is 62.9 cm³/mol. The first-order valence-electron chi connectivity index (χ1n) is 6.23. The molecular weight excluding hydrogens is 188 g/mol. The summed E-state index contributed by atoms with van der Waals surface area (Å²) in [5.41, 5.74) is 0. The van der Waals surface area contributed by atoms with Gasteiger partial charge in [0.15, 0.2) is 0 Å². The summed E-state index contributed by atoms with van der Waals surface area (Å²) in [5, 5.41) is 2.82. The average Bonchev–Trinajstić information content (AvgIpc) is 2.57. The van der Waals surface area contributed by atoms with Crippen LogP contribution in [0.2, 0.25) is 0 Å². The SMILES string of the molecule is CC(C)CCCCCCN1CCNC1=O. The lowest BCUT2D eigenvalue weighted by Crippen LogP contribution is -2.28. The van der Waals surface area contributed by atoms with Crippen LogP contribution in [0.5, 0.6) is 0 Å². The number of hydrogen-bond acceptors (Lipinski definition) is 1. The van der Waals surface area contributed by atoms with E-state index in [-0.39, 0.29) is 6.03 Å². The topological polar surface area (TPSA) is 32.3 Å². The number of amides is 2. The van der Waals surface area contributed by atoms with Crippen LogP contribution >= 0.6 is 0 Å². The van der Waals surface area contributed by atoms with Crippen molar-refractivity contribution < 1.29 is 4.79 Å². The van der Waals surface area contributed by atoms with Crippen molar-refractivity contribution in [2.75, 3.05) is 19.6 Å². The normalized spacial score (nSPS) is 16.2. The Kier molecular flexibility index (Phi) is 5.51. The molecule has 0 bridgehead atoms. The first-order valence-corrected chi connectivity index (χ1v) is 6.23. The number of nitrogens with one attached hydrogen (secondary N) is 1. The Hall–Kier alpha value is -0.730. The molecule has 0 aliphatic carbocycles. The Labute approximate surface area is 93.2 Å². The van der Waals surface area contributed by atoms with Crippen molar-refractivity contribution in [2.24, 2.45) is 5.92 Å². The van der Waals surface area contributed by atoms with Gasteiger partial charge in [-0.25, -0.2) is 4.79 Å². The lowest BCUT2D eigenvalue weighted by molar-refractivity contribution is 0.216. The molecule has 0 spiro atoms. The molecule has 1 N–H and O–H groups in total. The third-order valence-corrected chi connectivity index (χ3v) is 2.90. The number of nitrogens with zero attached hydrogens (tertiary/aromatic N) is 1. The van der Waals surface area contributed by atoms with Crippen LogP contribution in [-0.4, -0.2) is 30.6 Å². The summed E-state index contributed by atoms with van der Waals surface area (Å²) in [6.45, 7) is 7.20. The molecule has 0 unspecified atom stereocenters. The van der Waals surface area contributed by atoms with E-state index in [4.69, 9.17) is 0 Å². The van der Waals surface area contributed by atoms with Crippen LogP contribution < -0.4 is 5.32 Å². The number of urea groups is 1. The molecule has 1 rings (SSSR count). The minimum Gasteiger partial charge on any atom is -0.336 e. The van der Waals surface area contributed by atoms with E-state index in [1.165, 1.54) is 25.7 Å². The molecule has 1 heterocycles. The summed E-state index contributed by atoms with van der Waals surface area (Å²) >= 11 is 0. The number of unbranched alkanes of at least 4 members (excludes halogenated alkanes) is 3. The maximum atomic E-state index is 11.2. The summed E-state index contributed by atoms with van der Waals surface area (Å²) in [5.74, 6) is 0.828. The third kappa shape index (κ3) is 5.05. The molecule has 15 heavy (non-hydrogen) atoms. The molecule has 0 atom stereocenters. The fraction of sp³-hybridized carbons (Fsp3) is 0.917. The van der Waals surface area contributed by atoms with Crippen molar-refractivity contribution in [2.45, 2.75) is 46.0 Å². The van der Waals surface area contributed by atoms with E-state index in [9.17, 15) is 4.79 Å². The Morgan fingerprint density at radius 3 is 2.60 bits per heavy atom. The standard InChI is InChI=1S/C12H24N2O/c1-11(2)7-5-3-4-6-9-14-10-8-13-12(14)15/h11H,3-10H2,1-2H3,(H,13,15). The van der Waals surface area contributed by atoms with E-state index in [0.717, 1.165) is 32.0 Å². The molecule has 1 saturated heterocycles. The highest BCUT2D eigenvalue weighted by atomic mass is 16.2. The fourth-order valence-corrected chi connectivity index (χ4v) is 1.93. The Bertz CT molecular complexity index is 192. The molecule has 3 heteroatoms. The molecular formula is C12H24N2O. The predicted octanol–water partition coefficient (Wildman–Crippen LogP) is 2.62. The zero-order valence-corrected chi connectivity index (χ0v) is 10.1. The van der Waals surface area contributed by atoms with E-state index in [1.807, 2.05) is 4.90 Å². The lowest BCUT2D eigenvalue weighted by Gasteiger charge is -2.13. The first kappa shape index (κ1) is 12.3. The lowest BCUT2D eigenvalue weighted by atomic mass is 10.0. The number of hydrogen-bond donors (Lipinski definition) is 1. The minimum atomic E-state index is 0.122. The van der Waals surface area contributed by atoms with Crippen LogP contribution in [-0.2, 0) is 0 Å². The summed E-state index contributed by atoms with van der Waals surface area (Å²) in [4.78, 5) is 13.1. The second kappa shape index (κ2) is 6.70. The van der Waals surface area contributed by atoms with E-state index >= 15 is 0 Å². The molecule has 1 fully saturated rings. The van der Waals surface area contributed by atoms with Crippen molar-refractivity contribution in [3.8, 4) is 0 Å². The Morgan fingerprint density at radius 2 is 2.00 bits per heavy atom. The van der Waals surface area contributed by atoms with Crippen molar-refractivity contribution in [3.05, 3.63) is 0 Å². The minimum absolute atomic E-state index is 0.122. The summed E-state index contributed by atoms with van der Waals surface area (Å²) in [7, 11) is 0. The molecule has 2 amide bonds. The molecule has 0 radical (unpaired) electrons. The van der Waals surface area contributed by atoms with E-state index in [2.05, 4.69) is 19.2 Å². The molecule has 3 nitrogen and oxygen atoms in total. The molecule has 0 aromatic carbocycles. The second-order valence-electron chi connectivity index (χ2n) is 4.82. The van der Waals surface area contributed by atoms with Gasteiger partial charge >= 0.3 is 6.03 Å². The van der Waals surface area contributed by atoms with Crippen molar-refractivity contribution >= 4 is 6.03 Å². The smallest absolute Gasteiger partial charge is 0.317 e. The fourth-order valence-electron chi connectivity index (χ4n) is 1.93. The molecule has 0 aromatic rings. The van der Waals surface area contributed by atoms with Gasteiger partial charge in [0, 0.05) is 19.6 Å². The third-order valence-electron chi connectivity index (χ3n) is 2.90. The van der Waals surface area contributed by atoms with Gasteiger partial charge in [-0.1, -0.05) is 39.5 Å². The van der Waals surface area contributed by atoms with Gasteiger partial charge in [0.1, 0.15) is 0 Å². The van der Waals surface area contributed by atoms with Crippen molar-refractivity contribution in [3.63, 3.8) is 0 Å². The second-order valence-corrected chi connectivity index (χ2v) is 4.82. The zero-order valence-electron chi connectivity index (χ0n) is 10.1. The van der Waals surface area contributed by atoms with E-state index in [1.54, 1.807) is 0 Å². The van der Waals surface area contributed by atoms with Crippen LogP contribution in [0.4, 0.5) is 4.79 Å². The van der Waals surface area contributed by atoms with E-state index < -0.39 is 0 Å². The largest absolute Gasteiger partial charge is 0.336 e. The Balaban J connectivity index is 1.90. The Morgan fingerprint density at radius 1 is 1.27 bits per heavy atom. The monoisotopic (exact) mass is 212 g/mol. The van der Waals surface area contributed by atoms with Gasteiger partial charge in [-0.05, 0) is 12.3 Å². The highest BCUT2D eigenvalue weighted by Gasteiger charge is 2.17. The van der Waals surface area contributed by atoms with Crippen LogP contribution in [0, 0.1) is 5.92 Å². The average molecular weight is 212 g/mol. The van der Waals surface area contributed by atoms with Crippen molar-refractivity contribution in [1.82, 2.24) is 10.2 Å². The summed E-state index contributed by atoms with van der Waals surface area (Å²) < 4.78 is 0. The van der Waals surface area contributed by atoms with Gasteiger partial charge in [0.2, 0.25) is 0 Å². The molecule has 1 aliphatic rings. The van der Waals surface area contributed by atoms with Gasteiger partial charge < -0.3 is 10.2 Å². The number of carbonyl (C=O) groups excluding carboxylic acids is 1. The summed E-state index contributed by atoms with van der Waals surface area (Å²) in [6, 6.07) is 0.122. The van der Waals surface area contributed by atoms with Gasteiger partial charge in [0.05, 0.1) is 0 Å². The van der Waals surface area contributed by atoms with Crippen LogP contribution in [0.1, 0.15) is 46.0 Å². The highest BCUT2D eigenvalue weighted by molar-refractivity contribution is 5.76. The molecule has 0 saturated carbocycles. The first-order chi connectivity index (χ1) is 7.20. The quantitative estimate of drug-likeness (QED) is 0.646. The van der Waals surface area contributed by atoms with Gasteiger partial charge in [0.25, 0.3) is 0 Å². The molecule has 1 aliphatic heterocycles. The van der Waals surface area contributed by atoms with Crippen LogP contribution in [0.3, 0.4) is 0 Å². The van der Waals surface area contributed by atoms with Gasteiger partial charge in [-0.15, -0.1) is 0 Å². The van der Waals surface area contributed by atoms with Gasteiger partial charge in [-0.3, -0.25) is 0 Å². The zero-order chi connectivity index (χ0) is 11.1. The van der Waals surface area contributed by atoms with Crippen LogP contribution in [0.25, 0.3) is 0 Å². The maximum absolute atomic E-state index is 11.2. The highest BCUT2D eigenvalue weighted by Crippen LogP contribution is 2.10. The van der Waals surface area contributed by atoms with Gasteiger partial charge in [-0.2, -0.15) is 0 Å². The summed E-state index contributed by atoms with van der Waals surface area (Å²) in [6.07, 6.45) is 6.41. The van der Waals surface area contributed by atoms with E-state index in [0.29, 0.717) is 0 Å². The maximum Gasteiger partial charge on any atom is 0.317 e. The number of rotatable bonds is 7. The van der Waals surface area contributed by atoms with Crippen molar-refractivity contribution in [1.29, 1.82) is 0 Å². The molecule has 88 valence electrons. The molecule has 0 aromatic heterocycles. The number of carbonyl (C=O) groups is 1.